The van der Waals surface area contributed by atoms with Crippen LogP contribution < -0.4 is 10.2 Å². The Morgan fingerprint density at radius 1 is 1.37 bits per heavy atom. The maximum absolute atomic E-state index is 13.4. The fourth-order valence-corrected chi connectivity index (χ4v) is 2.89. The zero-order valence-corrected chi connectivity index (χ0v) is 12.2. The molecule has 1 saturated heterocycles. The zero-order valence-electron chi connectivity index (χ0n) is 12.2. The summed E-state index contributed by atoms with van der Waals surface area (Å²) in [5.74, 6) is -0.114. The first-order valence-electron chi connectivity index (χ1n) is 7.41. The second kappa shape index (κ2) is 6.38. The van der Waals surface area contributed by atoms with E-state index in [-0.39, 0.29) is 5.82 Å². The Hall–Kier alpha value is -1.09. The summed E-state index contributed by atoms with van der Waals surface area (Å²) in [5.41, 5.74) is 1.89. The summed E-state index contributed by atoms with van der Waals surface area (Å²) in [6.07, 6.45) is 3.51. The lowest BCUT2D eigenvalue weighted by atomic mass is 10.0. The summed E-state index contributed by atoms with van der Waals surface area (Å²) < 4.78 is 13.4. The predicted octanol–water partition coefficient (Wildman–Crippen LogP) is 3.49. The number of aryl methyl sites for hydroxylation is 1. The number of benzene rings is 1. The Balaban J connectivity index is 2.19. The smallest absolute Gasteiger partial charge is 0.126 e. The average Bonchev–Trinajstić information content (AvgIpc) is 2.42. The number of nitrogens with zero attached hydrogens (tertiary/aromatic N) is 1. The lowest BCUT2D eigenvalue weighted by molar-refractivity contribution is 0.369. The first-order valence-corrected chi connectivity index (χ1v) is 7.41. The summed E-state index contributed by atoms with van der Waals surface area (Å²) in [6, 6.07) is 6.55. The molecule has 2 nitrogen and oxygen atoms in total. The maximum atomic E-state index is 13.4. The highest BCUT2D eigenvalue weighted by Crippen LogP contribution is 2.24. The quantitative estimate of drug-likeness (QED) is 0.895. The third-order valence-electron chi connectivity index (χ3n) is 4.08. The van der Waals surface area contributed by atoms with E-state index in [0.29, 0.717) is 12.1 Å². The summed E-state index contributed by atoms with van der Waals surface area (Å²) >= 11 is 0. The van der Waals surface area contributed by atoms with Crippen LogP contribution in [0, 0.1) is 12.7 Å². The van der Waals surface area contributed by atoms with Crippen LogP contribution in [0.3, 0.4) is 0 Å². The summed E-state index contributed by atoms with van der Waals surface area (Å²) in [6.45, 7) is 8.33. The van der Waals surface area contributed by atoms with Gasteiger partial charge in [0.2, 0.25) is 0 Å². The van der Waals surface area contributed by atoms with Crippen molar-refractivity contribution in [3.8, 4) is 0 Å². The van der Waals surface area contributed by atoms with Gasteiger partial charge in [0.05, 0.1) is 0 Å². The van der Waals surface area contributed by atoms with Crippen molar-refractivity contribution >= 4 is 5.69 Å². The molecule has 1 heterocycles. The molecule has 1 aliphatic rings. The third-order valence-corrected chi connectivity index (χ3v) is 4.08. The van der Waals surface area contributed by atoms with E-state index in [1.807, 2.05) is 19.1 Å². The van der Waals surface area contributed by atoms with Gasteiger partial charge in [-0.2, -0.15) is 0 Å². The molecule has 2 rings (SSSR count). The molecular weight excluding hydrogens is 239 g/mol. The van der Waals surface area contributed by atoms with Gasteiger partial charge in [-0.3, -0.25) is 0 Å². The van der Waals surface area contributed by atoms with E-state index in [1.165, 1.54) is 12.8 Å². The Labute approximate surface area is 116 Å². The molecule has 0 spiro atoms. The van der Waals surface area contributed by atoms with Crippen LogP contribution in [-0.2, 0) is 0 Å². The third kappa shape index (κ3) is 3.27. The van der Waals surface area contributed by atoms with Crippen molar-refractivity contribution in [3.05, 3.63) is 29.6 Å². The van der Waals surface area contributed by atoms with Crippen molar-refractivity contribution in [1.82, 2.24) is 5.32 Å². The molecule has 1 aliphatic heterocycles. The van der Waals surface area contributed by atoms with E-state index in [1.54, 1.807) is 6.07 Å². The topological polar surface area (TPSA) is 15.3 Å². The molecule has 19 heavy (non-hydrogen) atoms. The SMILES string of the molecule is CCCC1CN(c2ccc(F)c(C)c2)C(CC)CN1. The van der Waals surface area contributed by atoms with Crippen LogP contribution in [0.25, 0.3) is 0 Å². The minimum Gasteiger partial charge on any atom is -0.366 e. The molecule has 1 aromatic rings. The van der Waals surface area contributed by atoms with Gasteiger partial charge in [0.25, 0.3) is 0 Å². The van der Waals surface area contributed by atoms with Gasteiger partial charge in [-0.15, -0.1) is 0 Å². The number of piperazine rings is 1. The number of nitrogens with one attached hydrogen (secondary N) is 1. The van der Waals surface area contributed by atoms with Crippen LogP contribution in [0.5, 0.6) is 0 Å². The summed E-state index contributed by atoms with van der Waals surface area (Å²) in [7, 11) is 0. The van der Waals surface area contributed by atoms with Crippen molar-refractivity contribution in [2.75, 3.05) is 18.0 Å². The molecule has 0 saturated carbocycles. The standard InChI is InChI=1S/C16H25FN2/c1-4-6-13-11-19(14(5-2)10-18-13)15-7-8-16(17)12(3)9-15/h7-9,13-14,18H,4-6,10-11H2,1-3H3. The minimum absolute atomic E-state index is 0.114. The predicted molar refractivity (Wildman–Crippen MR) is 79.3 cm³/mol. The Morgan fingerprint density at radius 2 is 2.16 bits per heavy atom. The molecule has 1 aromatic carbocycles. The first-order chi connectivity index (χ1) is 9.15. The van der Waals surface area contributed by atoms with Gasteiger partial charge >= 0.3 is 0 Å². The van der Waals surface area contributed by atoms with Crippen molar-refractivity contribution in [2.45, 2.75) is 52.1 Å². The summed E-state index contributed by atoms with van der Waals surface area (Å²) in [5, 5.41) is 3.63. The van der Waals surface area contributed by atoms with Crippen LogP contribution in [0.4, 0.5) is 10.1 Å². The van der Waals surface area contributed by atoms with Gasteiger partial charge in [-0.05, 0) is 43.5 Å². The average molecular weight is 264 g/mol. The van der Waals surface area contributed by atoms with E-state index < -0.39 is 0 Å². The van der Waals surface area contributed by atoms with Crippen LogP contribution in [0.15, 0.2) is 18.2 Å². The van der Waals surface area contributed by atoms with E-state index in [9.17, 15) is 4.39 Å². The molecule has 106 valence electrons. The monoisotopic (exact) mass is 264 g/mol. The number of anilines is 1. The second-order valence-corrected chi connectivity index (χ2v) is 5.54. The number of hydrogen-bond donors (Lipinski definition) is 1. The number of hydrogen-bond acceptors (Lipinski definition) is 2. The van der Waals surface area contributed by atoms with Crippen molar-refractivity contribution < 1.29 is 4.39 Å². The molecule has 1 N–H and O–H groups in total. The summed E-state index contributed by atoms with van der Waals surface area (Å²) in [4.78, 5) is 2.45. The van der Waals surface area contributed by atoms with Gasteiger partial charge in [0.1, 0.15) is 5.82 Å². The van der Waals surface area contributed by atoms with E-state index in [0.717, 1.165) is 30.8 Å². The Kier molecular flexibility index (Phi) is 4.81. The van der Waals surface area contributed by atoms with Gasteiger partial charge in [0.15, 0.2) is 0 Å². The molecule has 0 radical (unpaired) electrons. The zero-order chi connectivity index (χ0) is 13.8. The minimum atomic E-state index is -0.114. The largest absolute Gasteiger partial charge is 0.366 e. The molecule has 0 aromatic heterocycles. The van der Waals surface area contributed by atoms with Crippen LogP contribution in [-0.4, -0.2) is 25.2 Å². The van der Waals surface area contributed by atoms with Gasteiger partial charge in [-0.1, -0.05) is 20.3 Å². The van der Waals surface area contributed by atoms with Crippen molar-refractivity contribution in [1.29, 1.82) is 0 Å². The molecule has 0 aliphatic carbocycles. The first kappa shape index (κ1) is 14.3. The molecular formula is C16H25FN2. The van der Waals surface area contributed by atoms with Crippen LogP contribution in [0.1, 0.15) is 38.7 Å². The lowest BCUT2D eigenvalue weighted by Gasteiger charge is -2.42. The van der Waals surface area contributed by atoms with Crippen LogP contribution >= 0.6 is 0 Å². The normalized spacial score (nSPS) is 23.7. The highest BCUT2D eigenvalue weighted by molar-refractivity contribution is 5.50. The van der Waals surface area contributed by atoms with E-state index in [2.05, 4.69) is 24.1 Å². The van der Waals surface area contributed by atoms with Gasteiger partial charge in [-0.25, -0.2) is 4.39 Å². The fraction of sp³-hybridized carbons (Fsp3) is 0.625. The van der Waals surface area contributed by atoms with E-state index >= 15 is 0 Å². The van der Waals surface area contributed by atoms with E-state index in [4.69, 9.17) is 0 Å². The molecule has 3 heteroatoms. The van der Waals surface area contributed by atoms with Crippen molar-refractivity contribution in [3.63, 3.8) is 0 Å². The molecule has 1 fully saturated rings. The fourth-order valence-electron chi connectivity index (χ4n) is 2.89. The second-order valence-electron chi connectivity index (χ2n) is 5.54. The lowest BCUT2D eigenvalue weighted by Crippen LogP contribution is -2.56. The van der Waals surface area contributed by atoms with Crippen molar-refractivity contribution in [2.24, 2.45) is 0 Å². The number of halogens is 1. The number of rotatable bonds is 4. The molecule has 0 bridgehead atoms. The Morgan fingerprint density at radius 3 is 2.79 bits per heavy atom. The molecule has 2 atom stereocenters. The maximum Gasteiger partial charge on any atom is 0.126 e. The highest BCUT2D eigenvalue weighted by Gasteiger charge is 2.26. The highest BCUT2D eigenvalue weighted by atomic mass is 19.1. The van der Waals surface area contributed by atoms with Gasteiger partial charge < -0.3 is 10.2 Å². The van der Waals surface area contributed by atoms with Crippen LogP contribution in [0.2, 0.25) is 0 Å². The Bertz CT molecular complexity index is 419. The molecule has 2 unspecified atom stereocenters. The van der Waals surface area contributed by atoms with Gasteiger partial charge in [0, 0.05) is 30.9 Å². The molecule has 0 amide bonds.